The molecule has 2 rings (SSSR count). The molecule has 1 saturated heterocycles. The average molecular weight is 264 g/mol. The van der Waals surface area contributed by atoms with Crippen LogP contribution in [0.3, 0.4) is 0 Å². The van der Waals surface area contributed by atoms with Gasteiger partial charge in [-0.1, -0.05) is 13.8 Å². The maximum atomic E-state index is 5.45. The van der Waals surface area contributed by atoms with Gasteiger partial charge in [-0.15, -0.1) is 0 Å². The number of hydrogen-bond donors (Lipinski definition) is 1. The van der Waals surface area contributed by atoms with E-state index in [2.05, 4.69) is 34.0 Å². The minimum atomic E-state index is 0.359. The van der Waals surface area contributed by atoms with Crippen molar-refractivity contribution in [2.24, 2.45) is 5.92 Å². The minimum absolute atomic E-state index is 0.359. The summed E-state index contributed by atoms with van der Waals surface area (Å²) in [4.78, 5) is 11.0. The summed E-state index contributed by atoms with van der Waals surface area (Å²) in [7, 11) is 2.02. The Morgan fingerprint density at radius 3 is 2.74 bits per heavy atom. The highest BCUT2D eigenvalue weighted by molar-refractivity contribution is 5.28. The monoisotopic (exact) mass is 264 g/mol. The molecule has 5 nitrogen and oxygen atoms in total. The molecule has 0 spiro atoms. The van der Waals surface area contributed by atoms with Gasteiger partial charge in [-0.3, -0.25) is 0 Å². The van der Waals surface area contributed by atoms with Crippen LogP contribution in [0.5, 0.6) is 0 Å². The number of rotatable bonds is 5. The number of nitrogens with one attached hydrogen (secondary N) is 1. The van der Waals surface area contributed by atoms with Gasteiger partial charge in [0.15, 0.2) is 0 Å². The van der Waals surface area contributed by atoms with Crippen molar-refractivity contribution in [3.05, 3.63) is 18.0 Å². The first-order chi connectivity index (χ1) is 9.15. The van der Waals surface area contributed by atoms with E-state index in [-0.39, 0.29) is 0 Å². The summed E-state index contributed by atoms with van der Waals surface area (Å²) < 4.78 is 5.45. The lowest BCUT2D eigenvalue weighted by atomic mass is 10.1. The molecule has 19 heavy (non-hydrogen) atoms. The Hall–Kier alpha value is -1.20. The van der Waals surface area contributed by atoms with Crippen LogP contribution in [0.4, 0.5) is 5.95 Å². The smallest absolute Gasteiger partial charge is 0.225 e. The van der Waals surface area contributed by atoms with Crippen LogP contribution in [-0.4, -0.2) is 49.4 Å². The number of ether oxygens (including phenoxy) is 1. The fraction of sp³-hybridized carbons (Fsp3) is 0.714. The fourth-order valence-electron chi connectivity index (χ4n) is 2.27. The van der Waals surface area contributed by atoms with Gasteiger partial charge in [0.1, 0.15) is 0 Å². The van der Waals surface area contributed by atoms with E-state index < -0.39 is 0 Å². The summed E-state index contributed by atoms with van der Waals surface area (Å²) in [5.41, 5.74) is 1.20. The van der Waals surface area contributed by atoms with E-state index in [1.807, 2.05) is 19.4 Å². The number of likely N-dealkylation sites (N-methyl/N-ethyl adjacent to an activating group) is 1. The molecule has 1 fully saturated rings. The second-order valence-corrected chi connectivity index (χ2v) is 5.60. The van der Waals surface area contributed by atoms with E-state index in [9.17, 15) is 0 Å². The lowest BCUT2D eigenvalue weighted by Gasteiger charge is -2.28. The zero-order valence-corrected chi connectivity index (χ0v) is 12.1. The highest BCUT2D eigenvalue weighted by Crippen LogP contribution is 2.10. The van der Waals surface area contributed by atoms with Gasteiger partial charge < -0.3 is 15.0 Å². The molecule has 0 bridgehead atoms. The highest BCUT2D eigenvalue weighted by Gasteiger charge is 2.16. The minimum Gasteiger partial charge on any atom is -0.378 e. The van der Waals surface area contributed by atoms with Crippen molar-refractivity contribution in [1.82, 2.24) is 15.3 Å². The van der Waals surface area contributed by atoms with Crippen molar-refractivity contribution in [3.63, 3.8) is 0 Å². The quantitative estimate of drug-likeness (QED) is 0.863. The van der Waals surface area contributed by atoms with Crippen LogP contribution < -0.4 is 10.2 Å². The van der Waals surface area contributed by atoms with Crippen molar-refractivity contribution < 1.29 is 4.74 Å². The zero-order chi connectivity index (χ0) is 13.7. The number of nitrogens with zero attached hydrogens (tertiary/aromatic N) is 3. The molecular formula is C14H24N4O. The molecule has 1 N–H and O–H groups in total. The third-order valence-corrected chi connectivity index (χ3v) is 3.17. The fourth-order valence-corrected chi connectivity index (χ4v) is 2.27. The molecule has 0 saturated carbocycles. The van der Waals surface area contributed by atoms with Gasteiger partial charge in [0, 0.05) is 38.6 Å². The first-order valence-corrected chi connectivity index (χ1v) is 6.98. The number of morpholine rings is 1. The van der Waals surface area contributed by atoms with Crippen LogP contribution in [-0.2, 0) is 11.2 Å². The van der Waals surface area contributed by atoms with Gasteiger partial charge in [0.05, 0.1) is 13.2 Å². The highest BCUT2D eigenvalue weighted by atomic mass is 16.5. The van der Waals surface area contributed by atoms with Gasteiger partial charge in [-0.05, 0) is 17.9 Å². The largest absolute Gasteiger partial charge is 0.378 e. The predicted molar refractivity (Wildman–Crippen MR) is 76.5 cm³/mol. The Morgan fingerprint density at radius 1 is 1.42 bits per heavy atom. The number of aromatic nitrogens is 2. The summed E-state index contributed by atoms with van der Waals surface area (Å²) >= 11 is 0. The molecule has 0 radical (unpaired) electrons. The number of anilines is 1. The Balaban J connectivity index is 1.89. The van der Waals surface area contributed by atoms with Crippen LogP contribution >= 0.6 is 0 Å². The van der Waals surface area contributed by atoms with E-state index in [0.717, 1.165) is 38.7 Å². The summed E-state index contributed by atoms with van der Waals surface area (Å²) in [6.45, 7) is 7.76. The molecule has 1 atom stereocenters. The summed E-state index contributed by atoms with van der Waals surface area (Å²) in [6, 6.07) is 0.359. The zero-order valence-electron chi connectivity index (χ0n) is 12.1. The van der Waals surface area contributed by atoms with Gasteiger partial charge in [0.25, 0.3) is 0 Å². The molecular weight excluding hydrogens is 240 g/mol. The third kappa shape index (κ3) is 4.44. The van der Waals surface area contributed by atoms with Crippen molar-refractivity contribution in [2.75, 3.05) is 38.3 Å². The summed E-state index contributed by atoms with van der Waals surface area (Å²) in [5, 5.41) is 3.44. The Bertz CT molecular complexity index is 374. The van der Waals surface area contributed by atoms with Gasteiger partial charge in [0.2, 0.25) is 5.95 Å². The molecule has 1 unspecified atom stereocenters. The second kappa shape index (κ2) is 6.82. The maximum Gasteiger partial charge on any atom is 0.225 e. The summed E-state index contributed by atoms with van der Waals surface area (Å²) in [6.07, 6.45) is 4.90. The van der Waals surface area contributed by atoms with Crippen molar-refractivity contribution in [2.45, 2.75) is 26.3 Å². The predicted octanol–water partition coefficient (Wildman–Crippen LogP) is 1.10. The van der Waals surface area contributed by atoms with Crippen molar-refractivity contribution in [3.8, 4) is 0 Å². The molecule has 5 heteroatoms. The Labute approximate surface area is 115 Å². The van der Waals surface area contributed by atoms with Crippen molar-refractivity contribution in [1.29, 1.82) is 0 Å². The topological polar surface area (TPSA) is 50.3 Å². The molecule has 0 aliphatic carbocycles. The molecule has 1 aromatic heterocycles. The van der Waals surface area contributed by atoms with Gasteiger partial charge in [-0.2, -0.15) is 0 Å². The van der Waals surface area contributed by atoms with Crippen molar-refractivity contribution >= 4 is 5.95 Å². The van der Waals surface area contributed by atoms with Gasteiger partial charge >= 0.3 is 0 Å². The van der Waals surface area contributed by atoms with E-state index in [1.54, 1.807) is 0 Å². The lowest BCUT2D eigenvalue weighted by Crippen LogP contribution is -2.48. The van der Waals surface area contributed by atoms with Crippen LogP contribution in [0.2, 0.25) is 0 Å². The molecule has 1 aliphatic rings. The third-order valence-electron chi connectivity index (χ3n) is 3.17. The van der Waals surface area contributed by atoms with Gasteiger partial charge in [-0.25, -0.2) is 9.97 Å². The molecule has 2 heterocycles. The van der Waals surface area contributed by atoms with E-state index in [0.29, 0.717) is 12.0 Å². The normalized spacial score (nSPS) is 19.7. The maximum absolute atomic E-state index is 5.45. The van der Waals surface area contributed by atoms with Crippen LogP contribution in [0.1, 0.15) is 19.4 Å². The standard InChI is InChI=1S/C14H24N4O/c1-11(2)6-12-7-16-14(17-8-12)18(3)9-13-10-19-5-4-15-13/h7-8,11,13,15H,4-6,9-10H2,1-3H3. The second-order valence-electron chi connectivity index (χ2n) is 5.60. The first-order valence-electron chi connectivity index (χ1n) is 6.98. The molecule has 106 valence electrons. The van der Waals surface area contributed by atoms with Crippen LogP contribution in [0.15, 0.2) is 12.4 Å². The molecule has 0 aromatic carbocycles. The average Bonchev–Trinajstić information content (AvgIpc) is 2.40. The molecule has 0 amide bonds. The Kier molecular flexibility index (Phi) is 5.10. The molecule has 1 aromatic rings. The van der Waals surface area contributed by atoms with Crippen LogP contribution in [0, 0.1) is 5.92 Å². The van der Waals surface area contributed by atoms with E-state index in [4.69, 9.17) is 4.74 Å². The van der Waals surface area contributed by atoms with E-state index in [1.165, 1.54) is 5.56 Å². The van der Waals surface area contributed by atoms with Crippen LogP contribution in [0.25, 0.3) is 0 Å². The SMILES string of the molecule is CC(C)Cc1cnc(N(C)CC2COCCN2)nc1. The molecule has 1 aliphatic heterocycles. The number of hydrogen-bond acceptors (Lipinski definition) is 5. The lowest BCUT2D eigenvalue weighted by molar-refractivity contribution is 0.0790. The van der Waals surface area contributed by atoms with E-state index >= 15 is 0 Å². The first kappa shape index (κ1) is 14.2. The Morgan fingerprint density at radius 2 is 2.16 bits per heavy atom. The summed E-state index contributed by atoms with van der Waals surface area (Å²) in [5.74, 6) is 1.41.